The summed E-state index contributed by atoms with van der Waals surface area (Å²) in [6.45, 7) is 6.67. The van der Waals surface area contributed by atoms with Crippen molar-refractivity contribution in [1.29, 1.82) is 0 Å². The van der Waals surface area contributed by atoms with Crippen molar-refractivity contribution >= 4 is 5.91 Å². The van der Waals surface area contributed by atoms with Crippen LogP contribution in [-0.4, -0.2) is 77.9 Å². The Morgan fingerprint density at radius 3 is 2.75 bits per heavy atom. The average molecular weight is 330 g/mol. The Balaban J connectivity index is 1.52. The zero-order valence-electron chi connectivity index (χ0n) is 14.9. The molecule has 0 bridgehead atoms. The Morgan fingerprint density at radius 2 is 2.00 bits per heavy atom. The molecule has 132 valence electrons. The number of amides is 1. The van der Waals surface area contributed by atoms with E-state index in [1.54, 1.807) is 6.20 Å². The summed E-state index contributed by atoms with van der Waals surface area (Å²) in [4.78, 5) is 24.1. The second-order valence-corrected chi connectivity index (χ2v) is 7.17. The molecule has 0 saturated carbocycles. The van der Waals surface area contributed by atoms with Gasteiger partial charge >= 0.3 is 0 Å². The molecule has 2 saturated heterocycles. The van der Waals surface area contributed by atoms with E-state index in [4.69, 9.17) is 0 Å². The van der Waals surface area contributed by atoms with Gasteiger partial charge in [-0.1, -0.05) is 6.07 Å². The fourth-order valence-electron chi connectivity index (χ4n) is 3.79. The first-order valence-electron chi connectivity index (χ1n) is 9.32. The molecule has 1 atom stereocenters. The number of piperazine rings is 1. The van der Waals surface area contributed by atoms with E-state index in [2.05, 4.69) is 26.7 Å². The van der Waals surface area contributed by atoms with Crippen LogP contribution in [0.2, 0.25) is 0 Å². The maximum absolute atomic E-state index is 12.7. The van der Waals surface area contributed by atoms with Crippen molar-refractivity contribution in [2.24, 2.45) is 0 Å². The van der Waals surface area contributed by atoms with Crippen LogP contribution in [0, 0.1) is 0 Å². The first-order chi connectivity index (χ1) is 11.7. The summed E-state index contributed by atoms with van der Waals surface area (Å²) < 4.78 is 0. The highest BCUT2D eigenvalue weighted by Gasteiger charge is 2.27. The summed E-state index contributed by atoms with van der Waals surface area (Å²) in [7, 11) is 2.19. The van der Waals surface area contributed by atoms with Gasteiger partial charge in [-0.25, -0.2) is 0 Å². The Bertz CT molecular complexity index is 513. The molecule has 0 spiro atoms. The average Bonchev–Trinajstić information content (AvgIpc) is 2.62. The number of hydrogen-bond donors (Lipinski definition) is 0. The molecule has 1 aromatic rings. The first-order valence-corrected chi connectivity index (χ1v) is 9.32. The lowest BCUT2D eigenvalue weighted by molar-refractivity contribution is -0.134. The number of piperidine rings is 1. The molecule has 3 rings (SSSR count). The van der Waals surface area contributed by atoms with Crippen LogP contribution in [0.15, 0.2) is 24.4 Å². The Labute approximate surface area is 145 Å². The van der Waals surface area contributed by atoms with Crippen LogP contribution in [0.3, 0.4) is 0 Å². The van der Waals surface area contributed by atoms with Crippen molar-refractivity contribution < 1.29 is 4.79 Å². The van der Waals surface area contributed by atoms with Gasteiger partial charge in [-0.2, -0.15) is 0 Å². The lowest BCUT2D eigenvalue weighted by atomic mass is 9.98. The lowest BCUT2D eigenvalue weighted by Gasteiger charge is -2.38. The van der Waals surface area contributed by atoms with Gasteiger partial charge in [0, 0.05) is 57.2 Å². The van der Waals surface area contributed by atoms with Crippen molar-refractivity contribution in [3.63, 3.8) is 0 Å². The SMILES string of the molecule is CN1CCN(CC[C@H]2CCCCN2C(=O)Cc2ccccn2)CC1. The molecule has 3 heterocycles. The molecule has 2 aliphatic rings. The third kappa shape index (κ3) is 4.77. The van der Waals surface area contributed by atoms with E-state index in [1.807, 2.05) is 18.2 Å². The molecule has 5 nitrogen and oxygen atoms in total. The second kappa shape index (κ2) is 8.58. The normalized spacial score (nSPS) is 23.4. The highest BCUT2D eigenvalue weighted by atomic mass is 16.2. The summed E-state index contributed by atoms with van der Waals surface area (Å²) in [5, 5.41) is 0. The summed E-state index contributed by atoms with van der Waals surface area (Å²) in [5.41, 5.74) is 0.880. The summed E-state index contributed by atoms with van der Waals surface area (Å²) in [6.07, 6.45) is 6.86. The van der Waals surface area contributed by atoms with Crippen molar-refractivity contribution in [3.8, 4) is 0 Å². The van der Waals surface area contributed by atoms with Crippen LogP contribution in [0.1, 0.15) is 31.4 Å². The number of likely N-dealkylation sites (N-methyl/N-ethyl adjacent to an activating group) is 1. The predicted octanol–water partition coefficient (Wildman–Crippen LogP) is 1.64. The smallest absolute Gasteiger partial charge is 0.228 e. The zero-order chi connectivity index (χ0) is 16.8. The molecule has 2 aliphatic heterocycles. The van der Waals surface area contributed by atoms with Gasteiger partial charge in [-0.05, 0) is 44.9 Å². The van der Waals surface area contributed by atoms with Crippen molar-refractivity contribution in [1.82, 2.24) is 19.7 Å². The molecule has 0 unspecified atom stereocenters. The van der Waals surface area contributed by atoms with E-state index >= 15 is 0 Å². The minimum absolute atomic E-state index is 0.247. The highest BCUT2D eigenvalue weighted by Crippen LogP contribution is 2.21. The number of nitrogens with zero attached hydrogens (tertiary/aromatic N) is 4. The van der Waals surface area contributed by atoms with Gasteiger partial charge in [0.2, 0.25) is 5.91 Å². The topological polar surface area (TPSA) is 39.7 Å². The van der Waals surface area contributed by atoms with Crippen LogP contribution in [-0.2, 0) is 11.2 Å². The highest BCUT2D eigenvalue weighted by molar-refractivity contribution is 5.78. The predicted molar refractivity (Wildman–Crippen MR) is 95.8 cm³/mol. The maximum Gasteiger partial charge on any atom is 0.228 e. The minimum Gasteiger partial charge on any atom is -0.339 e. The van der Waals surface area contributed by atoms with Gasteiger partial charge in [-0.15, -0.1) is 0 Å². The van der Waals surface area contributed by atoms with Gasteiger partial charge in [-0.3, -0.25) is 9.78 Å². The number of carbonyl (C=O) groups excluding carboxylic acids is 1. The molecule has 5 heteroatoms. The third-order valence-electron chi connectivity index (χ3n) is 5.38. The summed E-state index contributed by atoms with van der Waals surface area (Å²) in [5.74, 6) is 0.247. The van der Waals surface area contributed by atoms with Gasteiger partial charge in [0.05, 0.1) is 6.42 Å². The Hall–Kier alpha value is -1.46. The summed E-state index contributed by atoms with van der Waals surface area (Å²) >= 11 is 0. The van der Waals surface area contributed by atoms with Gasteiger partial charge in [0.1, 0.15) is 0 Å². The van der Waals surface area contributed by atoms with Crippen molar-refractivity contribution in [2.45, 2.75) is 38.1 Å². The Kier molecular flexibility index (Phi) is 6.21. The van der Waals surface area contributed by atoms with E-state index < -0.39 is 0 Å². The van der Waals surface area contributed by atoms with Crippen molar-refractivity contribution in [2.75, 3.05) is 46.3 Å². The van der Waals surface area contributed by atoms with Gasteiger partial charge in [0.25, 0.3) is 0 Å². The molecule has 0 aromatic carbocycles. The monoisotopic (exact) mass is 330 g/mol. The lowest BCUT2D eigenvalue weighted by Crippen LogP contribution is -2.48. The minimum atomic E-state index is 0.247. The summed E-state index contributed by atoms with van der Waals surface area (Å²) in [6, 6.07) is 6.21. The van der Waals surface area contributed by atoms with E-state index in [0.29, 0.717) is 12.5 Å². The largest absolute Gasteiger partial charge is 0.339 e. The quantitative estimate of drug-likeness (QED) is 0.823. The van der Waals surface area contributed by atoms with Crippen LogP contribution >= 0.6 is 0 Å². The number of hydrogen-bond acceptors (Lipinski definition) is 4. The molecular weight excluding hydrogens is 300 g/mol. The van der Waals surface area contributed by atoms with E-state index in [1.165, 1.54) is 6.42 Å². The number of pyridine rings is 1. The van der Waals surface area contributed by atoms with Gasteiger partial charge in [0.15, 0.2) is 0 Å². The molecule has 1 aromatic heterocycles. The maximum atomic E-state index is 12.7. The standard InChI is InChI=1S/C19H30N4O/c1-21-12-14-22(15-13-21)11-8-18-7-3-5-10-23(18)19(24)16-17-6-2-4-9-20-17/h2,4,6,9,18H,3,5,7-8,10-16H2,1H3/t18-/m1/s1. The van der Waals surface area contributed by atoms with E-state index in [-0.39, 0.29) is 5.91 Å². The number of carbonyl (C=O) groups is 1. The first kappa shape index (κ1) is 17.4. The third-order valence-corrected chi connectivity index (χ3v) is 5.38. The molecule has 1 amide bonds. The van der Waals surface area contributed by atoms with Crippen LogP contribution in [0.25, 0.3) is 0 Å². The van der Waals surface area contributed by atoms with Crippen LogP contribution < -0.4 is 0 Å². The number of aromatic nitrogens is 1. The Morgan fingerprint density at radius 1 is 1.17 bits per heavy atom. The molecule has 0 radical (unpaired) electrons. The fraction of sp³-hybridized carbons (Fsp3) is 0.684. The zero-order valence-corrected chi connectivity index (χ0v) is 14.9. The molecule has 24 heavy (non-hydrogen) atoms. The van der Waals surface area contributed by atoms with E-state index in [0.717, 1.165) is 64.2 Å². The molecule has 0 aliphatic carbocycles. The van der Waals surface area contributed by atoms with E-state index in [9.17, 15) is 4.79 Å². The van der Waals surface area contributed by atoms with Gasteiger partial charge < -0.3 is 14.7 Å². The van der Waals surface area contributed by atoms with Crippen molar-refractivity contribution in [3.05, 3.63) is 30.1 Å². The van der Waals surface area contributed by atoms with Crippen LogP contribution in [0.5, 0.6) is 0 Å². The fourth-order valence-corrected chi connectivity index (χ4v) is 3.79. The van der Waals surface area contributed by atoms with Crippen LogP contribution in [0.4, 0.5) is 0 Å². The molecule has 0 N–H and O–H groups in total. The molecule has 2 fully saturated rings. The number of rotatable bonds is 5. The number of likely N-dealkylation sites (tertiary alicyclic amines) is 1. The molecular formula is C19H30N4O. The second-order valence-electron chi connectivity index (χ2n) is 7.17.